The third-order valence-electron chi connectivity index (χ3n) is 6.27. The minimum absolute atomic E-state index is 0.0237. The van der Waals surface area contributed by atoms with Crippen molar-refractivity contribution in [1.82, 2.24) is 19.6 Å². The molecule has 0 spiro atoms. The molecule has 0 saturated carbocycles. The average molecular weight is 374 g/mol. The number of imide groups is 1. The number of likely N-dealkylation sites (tertiary alicyclic amines) is 1. The highest BCUT2D eigenvalue weighted by atomic mass is 32.2. The molecule has 1 aromatic rings. The SMILES string of the molecule is O=C1CCC(=O)N1C1CC2CCC(C1)N2C(=O)Cn1ncc2c1CSC2. The van der Waals surface area contributed by atoms with Gasteiger partial charge in [-0.2, -0.15) is 16.9 Å². The minimum Gasteiger partial charge on any atom is -0.335 e. The van der Waals surface area contributed by atoms with Crippen molar-refractivity contribution in [3.8, 4) is 0 Å². The van der Waals surface area contributed by atoms with Crippen LogP contribution in [0.15, 0.2) is 6.20 Å². The fourth-order valence-electron chi connectivity index (χ4n) is 5.11. The average Bonchev–Trinajstić information content (AvgIpc) is 3.34. The van der Waals surface area contributed by atoms with Crippen molar-refractivity contribution >= 4 is 29.5 Å². The van der Waals surface area contributed by atoms with Crippen LogP contribution in [0.25, 0.3) is 0 Å². The van der Waals surface area contributed by atoms with Gasteiger partial charge in [0.25, 0.3) is 0 Å². The maximum absolute atomic E-state index is 13.0. The third-order valence-corrected chi connectivity index (χ3v) is 7.26. The van der Waals surface area contributed by atoms with Crippen LogP contribution in [0, 0.1) is 0 Å². The summed E-state index contributed by atoms with van der Waals surface area (Å²) in [4.78, 5) is 40.6. The van der Waals surface area contributed by atoms with Crippen molar-refractivity contribution in [3.05, 3.63) is 17.5 Å². The van der Waals surface area contributed by atoms with E-state index in [-0.39, 0.29) is 35.8 Å². The van der Waals surface area contributed by atoms with Gasteiger partial charge in [-0.1, -0.05) is 0 Å². The van der Waals surface area contributed by atoms with Crippen molar-refractivity contribution < 1.29 is 14.4 Å². The molecule has 3 fully saturated rings. The maximum Gasteiger partial charge on any atom is 0.244 e. The number of rotatable bonds is 3. The number of amides is 3. The van der Waals surface area contributed by atoms with E-state index in [2.05, 4.69) is 5.10 Å². The van der Waals surface area contributed by atoms with Crippen LogP contribution in [-0.4, -0.2) is 55.4 Å². The van der Waals surface area contributed by atoms with Crippen molar-refractivity contribution in [2.24, 2.45) is 0 Å². The van der Waals surface area contributed by atoms with E-state index in [1.165, 1.54) is 16.2 Å². The van der Waals surface area contributed by atoms with Crippen molar-refractivity contribution in [1.29, 1.82) is 0 Å². The second kappa shape index (κ2) is 6.11. The molecule has 5 rings (SSSR count). The van der Waals surface area contributed by atoms with E-state index in [1.54, 1.807) is 0 Å². The molecule has 2 bridgehead atoms. The Balaban J connectivity index is 1.30. The Bertz CT molecular complexity index is 761. The lowest BCUT2D eigenvalue weighted by atomic mass is 9.96. The quantitative estimate of drug-likeness (QED) is 0.746. The van der Waals surface area contributed by atoms with Crippen LogP contribution in [0.4, 0.5) is 0 Å². The number of carbonyl (C=O) groups is 3. The molecule has 0 aromatic carbocycles. The van der Waals surface area contributed by atoms with Crippen molar-refractivity contribution in [2.45, 2.75) is 74.7 Å². The predicted molar refractivity (Wildman–Crippen MR) is 95.0 cm³/mol. The Kier molecular flexibility index (Phi) is 3.84. The van der Waals surface area contributed by atoms with Crippen LogP contribution in [-0.2, 0) is 32.4 Å². The normalized spacial score (nSPS) is 30.4. The highest BCUT2D eigenvalue weighted by Gasteiger charge is 2.47. The van der Waals surface area contributed by atoms with E-state index in [0.717, 1.165) is 37.2 Å². The molecular formula is C18H22N4O3S. The van der Waals surface area contributed by atoms with Crippen LogP contribution < -0.4 is 0 Å². The Morgan fingerprint density at radius 1 is 1.08 bits per heavy atom. The monoisotopic (exact) mass is 374 g/mol. The summed E-state index contributed by atoms with van der Waals surface area (Å²) in [6, 6.07) is 0.264. The number of piperidine rings is 1. The zero-order valence-electron chi connectivity index (χ0n) is 14.6. The summed E-state index contributed by atoms with van der Waals surface area (Å²) in [6.07, 6.45) is 5.96. The topological polar surface area (TPSA) is 75.5 Å². The first-order valence-electron chi connectivity index (χ1n) is 9.39. The summed E-state index contributed by atoms with van der Waals surface area (Å²) in [5.74, 6) is 1.96. The highest BCUT2D eigenvalue weighted by Crippen LogP contribution is 2.39. The number of aromatic nitrogens is 2. The third kappa shape index (κ3) is 2.49. The summed E-state index contributed by atoms with van der Waals surface area (Å²) in [7, 11) is 0. The molecule has 0 aliphatic carbocycles. The van der Waals surface area contributed by atoms with Gasteiger partial charge in [-0.05, 0) is 25.7 Å². The van der Waals surface area contributed by atoms with E-state index in [9.17, 15) is 14.4 Å². The van der Waals surface area contributed by atoms with Gasteiger partial charge in [-0.25, -0.2) is 0 Å². The molecular weight excluding hydrogens is 352 g/mol. The zero-order valence-corrected chi connectivity index (χ0v) is 15.4. The first-order chi connectivity index (χ1) is 12.6. The lowest BCUT2D eigenvalue weighted by molar-refractivity contribution is -0.144. The van der Waals surface area contributed by atoms with Gasteiger partial charge in [-0.15, -0.1) is 0 Å². The van der Waals surface area contributed by atoms with Gasteiger partial charge in [0.15, 0.2) is 0 Å². The fraction of sp³-hybridized carbons (Fsp3) is 0.667. The largest absolute Gasteiger partial charge is 0.335 e. The molecule has 5 heterocycles. The zero-order chi connectivity index (χ0) is 17.8. The fourth-order valence-corrected chi connectivity index (χ4v) is 6.20. The summed E-state index contributed by atoms with van der Waals surface area (Å²) in [5, 5.41) is 4.40. The number of hydrogen-bond donors (Lipinski definition) is 0. The van der Waals surface area contributed by atoms with E-state index < -0.39 is 0 Å². The smallest absolute Gasteiger partial charge is 0.244 e. The van der Waals surface area contributed by atoms with E-state index in [4.69, 9.17) is 0 Å². The van der Waals surface area contributed by atoms with Crippen LogP contribution in [0.5, 0.6) is 0 Å². The van der Waals surface area contributed by atoms with Gasteiger partial charge < -0.3 is 4.90 Å². The maximum atomic E-state index is 13.0. The summed E-state index contributed by atoms with van der Waals surface area (Å²) >= 11 is 1.86. The second-order valence-corrected chi connectivity index (χ2v) is 8.72. The van der Waals surface area contributed by atoms with Gasteiger partial charge in [0, 0.05) is 48.0 Å². The second-order valence-electron chi connectivity index (χ2n) is 7.74. The summed E-state index contributed by atoms with van der Waals surface area (Å²) < 4.78 is 1.86. The van der Waals surface area contributed by atoms with E-state index >= 15 is 0 Å². The van der Waals surface area contributed by atoms with Crippen molar-refractivity contribution in [3.63, 3.8) is 0 Å². The molecule has 8 heteroatoms. The van der Waals surface area contributed by atoms with Gasteiger partial charge in [0.2, 0.25) is 17.7 Å². The summed E-state index contributed by atoms with van der Waals surface area (Å²) in [6.45, 7) is 0.301. The van der Waals surface area contributed by atoms with E-state index in [1.807, 2.05) is 27.5 Å². The molecule has 3 saturated heterocycles. The number of hydrogen-bond acceptors (Lipinski definition) is 5. The Labute approximate surface area is 156 Å². The number of nitrogens with zero attached hydrogens (tertiary/aromatic N) is 4. The van der Waals surface area contributed by atoms with Crippen LogP contribution >= 0.6 is 11.8 Å². The Morgan fingerprint density at radius 3 is 2.46 bits per heavy atom. The molecule has 4 aliphatic heterocycles. The molecule has 4 aliphatic rings. The molecule has 0 N–H and O–H groups in total. The molecule has 2 unspecified atom stereocenters. The van der Waals surface area contributed by atoms with Gasteiger partial charge in [0.05, 0.1) is 11.9 Å². The van der Waals surface area contributed by atoms with E-state index in [0.29, 0.717) is 19.4 Å². The molecule has 26 heavy (non-hydrogen) atoms. The number of carbonyl (C=O) groups excluding carboxylic acids is 3. The lowest BCUT2D eigenvalue weighted by Crippen LogP contribution is -2.54. The summed E-state index contributed by atoms with van der Waals surface area (Å²) in [5.41, 5.74) is 2.43. The number of fused-ring (bicyclic) bond motifs is 3. The lowest BCUT2D eigenvalue weighted by Gasteiger charge is -2.41. The van der Waals surface area contributed by atoms with Gasteiger partial charge >= 0.3 is 0 Å². The van der Waals surface area contributed by atoms with Crippen LogP contribution in [0.3, 0.4) is 0 Å². The molecule has 138 valence electrons. The molecule has 2 atom stereocenters. The first kappa shape index (κ1) is 16.4. The van der Waals surface area contributed by atoms with Gasteiger partial charge in [0.1, 0.15) is 6.54 Å². The first-order valence-corrected chi connectivity index (χ1v) is 10.5. The van der Waals surface area contributed by atoms with Crippen LogP contribution in [0.1, 0.15) is 49.8 Å². The Morgan fingerprint density at radius 2 is 1.77 bits per heavy atom. The minimum atomic E-state index is -0.0382. The number of thioether (sulfide) groups is 1. The standard InChI is InChI=1S/C18H22N4O3S/c23-16-3-4-17(24)22(16)14-5-12-1-2-13(6-14)21(12)18(25)8-20-15-10-26-9-11(15)7-19-20/h7,12-14H,1-6,8-10H2. The highest BCUT2D eigenvalue weighted by molar-refractivity contribution is 7.98. The van der Waals surface area contributed by atoms with Crippen LogP contribution in [0.2, 0.25) is 0 Å². The molecule has 3 amide bonds. The Hall–Kier alpha value is -1.83. The molecule has 1 aromatic heterocycles. The molecule has 0 radical (unpaired) electrons. The van der Waals surface area contributed by atoms with Gasteiger partial charge in [-0.3, -0.25) is 24.0 Å². The van der Waals surface area contributed by atoms with Crippen molar-refractivity contribution in [2.75, 3.05) is 0 Å². The molecule has 7 nitrogen and oxygen atoms in total. The predicted octanol–water partition coefficient (Wildman–Crippen LogP) is 1.30.